The summed E-state index contributed by atoms with van der Waals surface area (Å²) in [7, 11) is -3.66. The standard InChI is InChI=1S/C19H23N3O4S/c1-15-3-4-18(13-16(15)14-19(23)24)27(25,26)22-10-2-9-21(11-12-22)17-5-7-20-8-6-17/h3-8,13H,2,9-12,14H2,1H3,(H,23,24). The summed E-state index contributed by atoms with van der Waals surface area (Å²) in [6.07, 6.45) is 3.98. The number of pyridine rings is 1. The minimum atomic E-state index is -3.66. The molecule has 0 spiro atoms. The molecule has 8 heteroatoms. The first kappa shape index (κ1) is 19.3. The normalized spacial score (nSPS) is 16.1. The maximum atomic E-state index is 13.1. The van der Waals surface area contributed by atoms with Gasteiger partial charge >= 0.3 is 5.97 Å². The van der Waals surface area contributed by atoms with Crippen LogP contribution in [0.4, 0.5) is 5.69 Å². The Bertz CT molecular complexity index is 916. The van der Waals surface area contributed by atoms with E-state index in [1.54, 1.807) is 31.5 Å². The van der Waals surface area contributed by atoms with Gasteiger partial charge in [-0.2, -0.15) is 4.31 Å². The second kappa shape index (κ2) is 8.06. The van der Waals surface area contributed by atoms with Crippen LogP contribution < -0.4 is 4.90 Å². The zero-order valence-electron chi connectivity index (χ0n) is 15.2. The number of benzene rings is 1. The monoisotopic (exact) mass is 389 g/mol. The molecule has 0 unspecified atom stereocenters. The molecule has 2 heterocycles. The molecule has 0 saturated carbocycles. The molecule has 27 heavy (non-hydrogen) atoms. The number of carbonyl (C=O) groups is 1. The maximum Gasteiger partial charge on any atom is 0.307 e. The summed E-state index contributed by atoms with van der Waals surface area (Å²) in [6, 6.07) is 8.56. The summed E-state index contributed by atoms with van der Waals surface area (Å²) in [5.41, 5.74) is 2.33. The number of carboxylic acids is 1. The van der Waals surface area contributed by atoms with E-state index < -0.39 is 16.0 Å². The van der Waals surface area contributed by atoms with Crippen LogP contribution in [0.5, 0.6) is 0 Å². The quantitative estimate of drug-likeness (QED) is 0.840. The number of aryl methyl sites for hydroxylation is 1. The summed E-state index contributed by atoms with van der Waals surface area (Å²) in [4.78, 5) is 17.4. The van der Waals surface area contributed by atoms with Crippen LogP contribution in [0.2, 0.25) is 0 Å². The van der Waals surface area contributed by atoms with E-state index in [9.17, 15) is 13.2 Å². The molecule has 1 fully saturated rings. The van der Waals surface area contributed by atoms with Crippen molar-refractivity contribution in [2.75, 3.05) is 31.1 Å². The molecule has 2 aromatic rings. The fraction of sp³-hybridized carbons (Fsp3) is 0.368. The molecule has 0 aliphatic carbocycles. The van der Waals surface area contributed by atoms with Gasteiger partial charge < -0.3 is 10.0 Å². The first-order valence-electron chi connectivity index (χ1n) is 8.84. The first-order chi connectivity index (χ1) is 12.9. The minimum absolute atomic E-state index is 0.154. The van der Waals surface area contributed by atoms with E-state index in [0.717, 1.165) is 24.2 Å². The first-order valence-corrected chi connectivity index (χ1v) is 10.3. The highest BCUT2D eigenvalue weighted by Gasteiger charge is 2.27. The van der Waals surface area contributed by atoms with Gasteiger partial charge in [0, 0.05) is 44.3 Å². The highest BCUT2D eigenvalue weighted by atomic mass is 32.2. The van der Waals surface area contributed by atoms with E-state index in [4.69, 9.17) is 5.11 Å². The van der Waals surface area contributed by atoms with Gasteiger partial charge in [0.2, 0.25) is 10.0 Å². The van der Waals surface area contributed by atoms with Crippen molar-refractivity contribution in [3.05, 3.63) is 53.9 Å². The van der Waals surface area contributed by atoms with Crippen LogP contribution in [-0.2, 0) is 21.2 Å². The van der Waals surface area contributed by atoms with Crippen molar-refractivity contribution in [1.82, 2.24) is 9.29 Å². The second-order valence-electron chi connectivity index (χ2n) is 6.61. The van der Waals surface area contributed by atoms with Gasteiger partial charge in [0.15, 0.2) is 0 Å². The van der Waals surface area contributed by atoms with Gasteiger partial charge in [0.25, 0.3) is 0 Å². The van der Waals surface area contributed by atoms with Crippen LogP contribution >= 0.6 is 0 Å². The van der Waals surface area contributed by atoms with Crippen LogP contribution in [0.3, 0.4) is 0 Å². The smallest absolute Gasteiger partial charge is 0.307 e. The summed E-state index contributed by atoms with van der Waals surface area (Å²) in [5, 5.41) is 9.04. The van der Waals surface area contributed by atoms with Crippen LogP contribution in [0.1, 0.15) is 17.5 Å². The topological polar surface area (TPSA) is 90.8 Å². The summed E-state index contributed by atoms with van der Waals surface area (Å²) >= 11 is 0. The molecule has 1 aromatic heterocycles. The largest absolute Gasteiger partial charge is 0.481 e. The van der Waals surface area contributed by atoms with E-state index in [1.807, 2.05) is 12.1 Å². The number of rotatable bonds is 5. The number of nitrogens with zero attached hydrogens (tertiary/aromatic N) is 3. The van der Waals surface area contributed by atoms with Crippen molar-refractivity contribution in [1.29, 1.82) is 0 Å². The Balaban J connectivity index is 1.80. The van der Waals surface area contributed by atoms with E-state index in [2.05, 4.69) is 9.88 Å². The molecule has 0 atom stereocenters. The van der Waals surface area contributed by atoms with E-state index in [-0.39, 0.29) is 11.3 Å². The van der Waals surface area contributed by atoms with Crippen LogP contribution in [0.15, 0.2) is 47.6 Å². The van der Waals surface area contributed by atoms with Crippen molar-refractivity contribution >= 4 is 21.7 Å². The van der Waals surface area contributed by atoms with Crippen LogP contribution in [-0.4, -0.2) is 55.0 Å². The molecular weight excluding hydrogens is 366 g/mol. The Labute approximate surface area is 159 Å². The number of hydrogen-bond acceptors (Lipinski definition) is 5. The maximum absolute atomic E-state index is 13.1. The van der Waals surface area contributed by atoms with Crippen molar-refractivity contribution in [2.24, 2.45) is 0 Å². The molecule has 0 amide bonds. The van der Waals surface area contributed by atoms with E-state index >= 15 is 0 Å². The Hall–Kier alpha value is -2.45. The molecule has 1 saturated heterocycles. The van der Waals surface area contributed by atoms with E-state index in [1.165, 1.54) is 10.4 Å². The third-order valence-corrected chi connectivity index (χ3v) is 6.68. The van der Waals surface area contributed by atoms with Crippen molar-refractivity contribution in [2.45, 2.75) is 24.7 Å². The third kappa shape index (κ3) is 4.45. The van der Waals surface area contributed by atoms with Crippen LogP contribution in [0, 0.1) is 6.92 Å². The molecule has 7 nitrogen and oxygen atoms in total. The van der Waals surface area contributed by atoms with Crippen molar-refractivity contribution < 1.29 is 18.3 Å². The molecule has 144 valence electrons. The summed E-state index contributed by atoms with van der Waals surface area (Å²) in [5.74, 6) is -0.976. The van der Waals surface area contributed by atoms with Crippen molar-refractivity contribution in [3.8, 4) is 0 Å². The lowest BCUT2D eigenvalue weighted by molar-refractivity contribution is -0.136. The molecule has 0 bridgehead atoms. The van der Waals surface area contributed by atoms with Gasteiger partial charge in [-0.25, -0.2) is 8.42 Å². The highest BCUT2D eigenvalue weighted by molar-refractivity contribution is 7.89. The molecule has 0 radical (unpaired) electrons. The third-order valence-electron chi connectivity index (χ3n) is 4.78. The molecule has 3 rings (SSSR count). The molecule has 1 aliphatic rings. The summed E-state index contributed by atoms with van der Waals surface area (Å²) < 4.78 is 27.7. The Morgan fingerprint density at radius 1 is 1.11 bits per heavy atom. The number of carboxylic acid groups (broad SMARTS) is 1. The summed E-state index contributed by atoms with van der Waals surface area (Å²) in [6.45, 7) is 3.97. The average molecular weight is 389 g/mol. The lowest BCUT2D eigenvalue weighted by Gasteiger charge is -2.23. The van der Waals surface area contributed by atoms with Crippen LogP contribution in [0.25, 0.3) is 0 Å². The molecule has 1 aliphatic heterocycles. The number of aliphatic carboxylic acids is 1. The fourth-order valence-corrected chi connectivity index (χ4v) is 4.78. The zero-order valence-corrected chi connectivity index (χ0v) is 16.0. The number of anilines is 1. The van der Waals surface area contributed by atoms with Gasteiger partial charge in [-0.1, -0.05) is 6.07 Å². The zero-order chi connectivity index (χ0) is 19.4. The van der Waals surface area contributed by atoms with Crippen molar-refractivity contribution in [3.63, 3.8) is 0 Å². The van der Waals surface area contributed by atoms with Gasteiger partial charge in [0.05, 0.1) is 11.3 Å². The van der Waals surface area contributed by atoms with Gasteiger partial charge in [-0.05, 0) is 48.7 Å². The fourth-order valence-electron chi connectivity index (χ4n) is 3.26. The van der Waals surface area contributed by atoms with Gasteiger partial charge in [-0.15, -0.1) is 0 Å². The lowest BCUT2D eigenvalue weighted by Crippen LogP contribution is -2.35. The Morgan fingerprint density at radius 2 is 1.85 bits per heavy atom. The Morgan fingerprint density at radius 3 is 2.56 bits per heavy atom. The van der Waals surface area contributed by atoms with E-state index in [0.29, 0.717) is 25.2 Å². The predicted octanol–water partition coefficient (Wildman–Crippen LogP) is 1.92. The number of sulfonamides is 1. The second-order valence-corrected chi connectivity index (χ2v) is 8.55. The highest BCUT2D eigenvalue weighted by Crippen LogP contribution is 2.23. The predicted molar refractivity (Wildman–Crippen MR) is 102 cm³/mol. The number of hydrogen-bond donors (Lipinski definition) is 1. The lowest BCUT2D eigenvalue weighted by atomic mass is 10.1. The Kier molecular flexibility index (Phi) is 5.76. The van der Waals surface area contributed by atoms with Gasteiger partial charge in [0.1, 0.15) is 0 Å². The molecule has 1 N–H and O–H groups in total. The van der Waals surface area contributed by atoms with Gasteiger partial charge in [-0.3, -0.25) is 9.78 Å². The average Bonchev–Trinajstić information content (AvgIpc) is 2.90. The minimum Gasteiger partial charge on any atom is -0.481 e. The molecule has 1 aromatic carbocycles. The SMILES string of the molecule is Cc1ccc(S(=O)(=O)N2CCCN(c3ccncc3)CC2)cc1CC(=O)O. The molecular formula is C19H23N3O4S. The number of aromatic nitrogens is 1.